The van der Waals surface area contributed by atoms with Crippen molar-refractivity contribution in [1.29, 1.82) is 0 Å². The van der Waals surface area contributed by atoms with E-state index < -0.39 is 0 Å². The van der Waals surface area contributed by atoms with Gasteiger partial charge in [-0.25, -0.2) is 9.78 Å². The van der Waals surface area contributed by atoms with Gasteiger partial charge in [-0.15, -0.1) is 11.3 Å². The number of carbonyl (C=O) groups is 2. The third-order valence-corrected chi connectivity index (χ3v) is 5.22. The fraction of sp³-hybridized carbons (Fsp3) is 0.389. The molecule has 24 heavy (non-hydrogen) atoms. The summed E-state index contributed by atoms with van der Waals surface area (Å²) in [5.74, 6) is -0.474. The predicted octanol–water partition coefficient (Wildman–Crippen LogP) is 3.15. The van der Waals surface area contributed by atoms with Crippen LogP contribution in [0.4, 0.5) is 0 Å². The minimum absolute atomic E-state index is 0.0865. The molecule has 0 radical (unpaired) electrons. The molecule has 0 atom stereocenters. The van der Waals surface area contributed by atoms with Crippen LogP contribution >= 0.6 is 11.3 Å². The zero-order valence-corrected chi connectivity index (χ0v) is 14.8. The Kier molecular flexibility index (Phi) is 4.41. The van der Waals surface area contributed by atoms with Crippen LogP contribution in [0.1, 0.15) is 58.1 Å². The number of esters is 1. The van der Waals surface area contributed by atoms with Gasteiger partial charge in [0.2, 0.25) is 0 Å². The Morgan fingerprint density at radius 1 is 1.25 bits per heavy atom. The Morgan fingerprint density at radius 2 is 1.92 bits per heavy atom. The van der Waals surface area contributed by atoms with E-state index in [4.69, 9.17) is 4.74 Å². The number of nitrogens with zero attached hydrogens (tertiary/aromatic N) is 1. The molecule has 1 aliphatic carbocycles. The molecule has 1 aromatic heterocycles. The Labute approximate surface area is 145 Å². The van der Waals surface area contributed by atoms with Crippen LogP contribution in [0.2, 0.25) is 0 Å². The maximum atomic E-state index is 12.1. The van der Waals surface area contributed by atoms with E-state index in [-0.39, 0.29) is 23.3 Å². The van der Waals surface area contributed by atoms with Gasteiger partial charge in [0.25, 0.3) is 5.91 Å². The maximum Gasteiger partial charge on any atom is 0.337 e. The van der Waals surface area contributed by atoms with Gasteiger partial charge in [0.15, 0.2) is 0 Å². The van der Waals surface area contributed by atoms with Crippen molar-refractivity contribution in [1.82, 2.24) is 10.3 Å². The van der Waals surface area contributed by atoms with Crippen LogP contribution in [0.15, 0.2) is 29.6 Å². The average molecular weight is 344 g/mol. The number of carbonyl (C=O) groups excluding carboxylic acids is 2. The second-order valence-electron chi connectivity index (χ2n) is 6.32. The first-order valence-corrected chi connectivity index (χ1v) is 8.80. The van der Waals surface area contributed by atoms with Crippen LogP contribution in [0.3, 0.4) is 0 Å². The highest BCUT2D eigenvalue weighted by atomic mass is 32.1. The summed E-state index contributed by atoms with van der Waals surface area (Å²) in [7, 11) is 1.37. The van der Waals surface area contributed by atoms with Gasteiger partial charge in [-0.1, -0.05) is 12.1 Å². The van der Waals surface area contributed by atoms with E-state index >= 15 is 0 Å². The summed E-state index contributed by atoms with van der Waals surface area (Å²) in [4.78, 5) is 28.2. The summed E-state index contributed by atoms with van der Waals surface area (Å²) >= 11 is 1.52. The Balaban J connectivity index is 1.83. The van der Waals surface area contributed by atoms with Crippen molar-refractivity contribution in [3.63, 3.8) is 0 Å². The molecule has 1 saturated carbocycles. The molecule has 0 saturated heterocycles. The first-order chi connectivity index (χ1) is 11.5. The van der Waals surface area contributed by atoms with Crippen LogP contribution in [0, 0.1) is 0 Å². The van der Waals surface area contributed by atoms with Crippen LogP contribution in [-0.2, 0) is 10.2 Å². The van der Waals surface area contributed by atoms with Crippen molar-refractivity contribution in [3.05, 3.63) is 51.5 Å². The summed E-state index contributed by atoms with van der Waals surface area (Å²) in [5.41, 5.74) is 2.02. The molecule has 0 bridgehead atoms. The predicted molar refractivity (Wildman–Crippen MR) is 92.5 cm³/mol. The summed E-state index contributed by atoms with van der Waals surface area (Å²) in [6.45, 7) is 3.85. The number of benzene rings is 1. The fourth-order valence-corrected chi connectivity index (χ4v) is 3.81. The molecular formula is C18H20N2O3S. The number of amides is 1. The number of aromatic nitrogens is 1. The second-order valence-corrected chi connectivity index (χ2v) is 7.18. The zero-order chi connectivity index (χ0) is 17.3. The molecule has 1 N–H and O–H groups in total. The molecule has 1 aromatic carbocycles. The molecule has 0 spiro atoms. The van der Waals surface area contributed by atoms with Crippen LogP contribution in [0.5, 0.6) is 0 Å². The Hall–Kier alpha value is -2.21. The largest absolute Gasteiger partial charge is 0.465 e. The van der Waals surface area contributed by atoms with Crippen molar-refractivity contribution in [2.24, 2.45) is 0 Å². The summed E-state index contributed by atoms with van der Waals surface area (Å²) in [5, 5.41) is 5.64. The molecule has 0 unspecified atom stereocenters. The first-order valence-electron chi connectivity index (χ1n) is 7.92. The number of thiazole rings is 1. The van der Waals surface area contributed by atoms with Gasteiger partial charge >= 0.3 is 5.97 Å². The molecule has 3 rings (SSSR count). The molecule has 5 nitrogen and oxygen atoms in total. The lowest BCUT2D eigenvalue weighted by Gasteiger charge is -2.13. The molecule has 1 amide bonds. The van der Waals surface area contributed by atoms with E-state index in [1.807, 2.05) is 31.4 Å². The topological polar surface area (TPSA) is 68.3 Å². The minimum atomic E-state index is -0.340. The number of ether oxygens (including phenoxy) is 1. The standard InChI is InChI=1S/C18H20N2O3S/c1-11(2)19-15(21)14-10-24-17(20-14)18(8-9-18)13-6-4-12(5-7-13)16(22)23-3/h4-7,10-11H,8-9H2,1-3H3,(H,19,21). The molecule has 6 heteroatoms. The van der Waals surface area contributed by atoms with Gasteiger partial charge in [-0.3, -0.25) is 4.79 Å². The zero-order valence-electron chi connectivity index (χ0n) is 14.0. The van der Waals surface area contributed by atoms with E-state index in [0.717, 1.165) is 23.4 Å². The molecule has 1 heterocycles. The second kappa shape index (κ2) is 6.36. The lowest BCUT2D eigenvalue weighted by atomic mass is 9.95. The van der Waals surface area contributed by atoms with Gasteiger partial charge < -0.3 is 10.1 Å². The van der Waals surface area contributed by atoms with E-state index in [9.17, 15) is 9.59 Å². The molecule has 126 valence electrons. The van der Waals surface area contributed by atoms with E-state index in [1.165, 1.54) is 18.4 Å². The van der Waals surface area contributed by atoms with Gasteiger partial charge in [0, 0.05) is 16.8 Å². The van der Waals surface area contributed by atoms with Crippen molar-refractivity contribution >= 4 is 23.2 Å². The highest BCUT2D eigenvalue weighted by molar-refractivity contribution is 7.10. The molecule has 1 fully saturated rings. The summed E-state index contributed by atoms with van der Waals surface area (Å²) in [6, 6.07) is 7.55. The summed E-state index contributed by atoms with van der Waals surface area (Å²) in [6.07, 6.45) is 2.01. The lowest BCUT2D eigenvalue weighted by Crippen LogP contribution is -2.30. The highest BCUT2D eigenvalue weighted by Gasteiger charge is 2.48. The number of methoxy groups -OCH3 is 1. The van der Waals surface area contributed by atoms with Gasteiger partial charge in [-0.05, 0) is 44.4 Å². The van der Waals surface area contributed by atoms with Crippen molar-refractivity contribution in [3.8, 4) is 0 Å². The maximum absolute atomic E-state index is 12.1. The third kappa shape index (κ3) is 3.06. The fourth-order valence-electron chi connectivity index (χ4n) is 2.73. The summed E-state index contributed by atoms with van der Waals surface area (Å²) < 4.78 is 4.73. The molecule has 1 aliphatic rings. The van der Waals surface area contributed by atoms with Crippen molar-refractivity contribution < 1.29 is 14.3 Å². The van der Waals surface area contributed by atoms with Crippen LogP contribution < -0.4 is 5.32 Å². The van der Waals surface area contributed by atoms with Crippen LogP contribution in [0.25, 0.3) is 0 Å². The number of nitrogens with one attached hydrogen (secondary N) is 1. The monoisotopic (exact) mass is 344 g/mol. The van der Waals surface area contributed by atoms with Crippen molar-refractivity contribution in [2.45, 2.75) is 38.1 Å². The van der Waals surface area contributed by atoms with E-state index in [0.29, 0.717) is 11.3 Å². The SMILES string of the molecule is COC(=O)c1ccc(C2(c3nc(C(=O)NC(C)C)cs3)CC2)cc1. The van der Waals surface area contributed by atoms with Crippen LogP contribution in [-0.4, -0.2) is 30.0 Å². The normalized spacial score (nSPS) is 15.2. The smallest absolute Gasteiger partial charge is 0.337 e. The molecule has 2 aromatic rings. The number of hydrogen-bond acceptors (Lipinski definition) is 5. The van der Waals surface area contributed by atoms with Gasteiger partial charge in [0.05, 0.1) is 12.7 Å². The Morgan fingerprint density at radius 3 is 2.46 bits per heavy atom. The molecular weight excluding hydrogens is 324 g/mol. The quantitative estimate of drug-likeness (QED) is 0.846. The highest BCUT2D eigenvalue weighted by Crippen LogP contribution is 2.54. The number of rotatable bonds is 5. The Bertz CT molecular complexity index is 761. The molecule has 0 aliphatic heterocycles. The van der Waals surface area contributed by atoms with Crippen molar-refractivity contribution in [2.75, 3.05) is 7.11 Å². The van der Waals surface area contributed by atoms with E-state index in [1.54, 1.807) is 12.1 Å². The lowest BCUT2D eigenvalue weighted by molar-refractivity contribution is 0.0600. The van der Waals surface area contributed by atoms with Gasteiger partial charge in [-0.2, -0.15) is 0 Å². The number of hydrogen-bond donors (Lipinski definition) is 1. The van der Waals surface area contributed by atoms with E-state index in [2.05, 4.69) is 10.3 Å². The third-order valence-electron chi connectivity index (χ3n) is 4.17. The first kappa shape index (κ1) is 16.6. The minimum Gasteiger partial charge on any atom is -0.465 e. The average Bonchev–Trinajstić information content (AvgIpc) is 3.23. The van der Waals surface area contributed by atoms with Gasteiger partial charge in [0.1, 0.15) is 10.7 Å².